The number of sulfone groups is 1. The number of sulfonamides is 1. The number of halogens is 1. The highest BCUT2D eigenvalue weighted by Crippen LogP contribution is 2.27. The zero-order valence-corrected chi connectivity index (χ0v) is 15.7. The fraction of sp³-hybridized carbons (Fsp3) is 0.500. The molecule has 1 unspecified atom stereocenters. The predicted molar refractivity (Wildman–Crippen MR) is 93.5 cm³/mol. The molecular weight excluding hydrogens is 376 g/mol. The summed E-state index contributed by atoms with van der Waals surface area (Å²) in [6.45, 7) is -0.435. The van der Waals surface area contributed by atoms with Gasteiger partial charge in [0, 0.05) is 13.1 Å². The zero-order valence-electron chi connectivity index (χ0n) is 13.3. The smallest absolute Gasteiger partial charge is 0.243 e. The number of carbonyl (C=O) groups excluding carboxylic acids is 1. The van der Waals surface area contributed by atoms with Crippen molar-refractivity contribution in [2.75, 3.05) is 35.7 Å². The van der Waals surface area contributed by atoms with Gasteiger partial charge in [0.25, 0.3) is 0 Å². The van der Waals surface area contributed by atoms with E-state index in [-0.39, 0.29) is 22.2 Å². The third-order valence-corrected chi connectivity index (χ3v) is 7.15. The van der Waals surface area contributed by atoms with Crippen LogP contribution in [-0.2, 0) is 24.7 Å². The molecule has 0 radical (unpaired) electrons. The first-order valence-electron chi connectivity index (χ1n) is 7.19. The molecule has 0 saturated carbocycles. The minimum absolute atomic E-state index is 0.0373. The van der Waals surface area contributed by atoms with Gasteiger partial charge in [-0.15, -0.1) is 0 Å². The Hall–Kier alpha value is -1.32. The highest BCUT2D eigenvalue weighted by Gasteiger charge is 2.34. The lowest BCUT2D eigenvalue weighted by Crippen LogP contribution is -2.45. The molecule has 1 saturated heterocycles. The van der Waals surface area contributed by atoms with E-state index in [1.807, 2.05) is 0 Å². The molecule has 1 aliphatic heterocycles. The summed E-state index contributed by atoms with van der Waals surface area (Å²) in [5, 5.41) is 0.210. The van der Waals surface area contributed by atoms with Crippen LogP contribution in [0.1, 0.15) is 6.42 Å². The Bertz CT molecular complexity index is 838. The molecule has 0 N–H and O–H groups in total. The molecule has 0 bridgehead atoms. The first-order chi connectivity index (χ1) is 11.0. The summed E-state index contributed by atoms with van der Waals surface area (Å²) in [6.07, 6.45) is 1.35. The van der Waals surface area contributed by atoms with Crippen LogP contribution in [0, 0.1) is 0 Å². The topological polar surface area (TPSA) is 91.8 Å². The van der Waals surface area contributed by atoms with Gasteiger partial charge in [-0.2, -0.15) is 0 Å². The van der Waals surface area contributed by atoms with E-state index in [2.05, 4.69) is 0 Å². The molecule has 10 heteroatoms. The number of hydrogen-bond acceptors (Lipinski definition) is 5. The maximum Gasteiger partial charge on any atom is 0.243 e. The number of amides is 1. The number of carbonyl (C=O) groups is 1. The second-order valence-corrected chi connectivity index (χ2v) is 10.3. The fourth-order valence-electron chi connectivity index (χ4n) is 2.55. The van der Waals surface area contributed by atoms with E-state index in [0.29, 0.717) is 6.42 Å². The number of rotatable bonds is 5. The van der Waals surface area contributed by atoms with Gasteiger partial charge in [-0.25, -0.2) is 16.8 Å². The Labute approximate surface area is 147 Å². The fourth-order valence-corrected chi connectivity index (χ4v) is 5.48. The second kappa shape index (κ2) is 6.89. The van der Waals surface area contributed by atoms with Crippen molar-refractivity contribution >= 4 is 43.1 Å². The summed E-state index contributed by atoms with van der Waals surface area (Å²) in [5.74, 6) is -0.544. The molecule has 0 aliphatic carbocycles. The average molecular weight is 395 g/mol. The van der Waals surface area contributed by atoms with Crippen LogP contribution in [0.4, 0.5) is 5.69 Å². The maximum atomic E-state index is 12.5. The molecule has 24 heavy (non-hydrogen) atoms. The van der Waals surface area contributed by atoms with Gasteiger partial charge in [-0.3, -0.25) is 9.10 Å². The normalized spacial score (nSPS) is 19.9. The molecule has 1 atom stereocenters. The van der Waals surface area contributed by atoms with Crippen molar-refractivity contribution in [3.8, 4) is 0 Å². The van der Waals surface area contributed by atoms with Crippen LogP contribution in [0.15, 0.2) is 24.3 Å². The monoisotopic (exact) mass is 394 g/mol. The van der Waals surface area contributed by atoms with Gasteiger partial charge >= 0.3 is 0 Å². The molecule has 0 aromatic heterocycles. The van der Waals surface area contributed by atoms with Crippen LogP contribution in [0.3, 0.4) is 0 Å². The Morgan fingerprint density at radius 1 is 1.33 bits per heavy atom. The van der Waals surface area contributed by atoms with Crippen molar-refractivity contribution < 1.29 is 21.6 Å². The first kappa shape index (κ1) is 19.0. The molecule has 1 heterocycles. The molecule has 1 aromatic rings. The van der Waals surface area contributed by atoms with Crippen LogP contribution in [0.2, 0.25) is 5.02 Å². The summed E-state index contributed by atoms with van der Waals surface area (Å²) in [6, 6.07) is 5.89. The summed E-state index contributed by atoms with van der Waals surface area (Å²) >= 11 is 6.04. The van der Waals surface area contributed by atoms with E-state index in [1.54, 1.807) is 12.1 Å². The van der Waals surface area contributed by atoms with Crippen LogP contribution in [0.5, 0.6) is 0 Å². The number of para-hydroxylation sites is 1. The van der Waals surface area contributed by atoms with Crippen LogP contribution < -0.4 is 4.31 Å². The SMILES string of the molecule is CN(C(=O)CN(c1ccccc1Cl)S(C)(=O)=O)C1CCS(=O)(=O)C1. The van der Waals surface area contributed by atoms with Gasteiger partial charge in [0.05, 0.1) is 28.5 Å². The summed E-state index contributed by atoms with van der Waals surface area (Å²) in [7, 11) is -5.38. The van der Waals surface area contributed by atoms with E-state index in [4.69, 9.17) is 11.6 Å². The number of likely N-dealkylation sites (N-methyl/N-ethyl adjacent to an activating group) is 1. The largest absolute Gasteiger partial charge is 0.340 e. The first-order valence-corrected chi connectivity index (χ1v) is 11.2. The van der Waals surface area contributed by atoms with E-state index < -0.39 is 38.4 Å². The quantitative estimate of drug-likeness (QED) is 0.734. The van der Waals surface area contributed by atoms with E-state index in [1.165, 1.54) is 24.1 Å². The van der Waals surface area contributed by atoms with Gasteiger partial charge in [-0.05, 0) is 18.6 Å². The third-order valence-electron chi connectivity index (χ3n) is 3.95. The van der Waals surface area contributed by atoms with Gasteiger partial charge in [0.15, 0.2) is 9.84 Å². The van der Waals surface area contributed by atoms with Crippen molar-refractivity contribution in [2.45, 2.75) is 12.5 Å². The molecule has 1 fully saturated rings. The van der Waals surface area contributed by atoms with Crippen LogP contribution >= 0.6 is 11.6 Å². The summed E-state index contributed by atoms with van der Waals surface area (Å²) < 4.78 is 48.2. The Morgan fingerprint density at radius 3 is 2.46 bits per heavy atom. The van der Waals surface area contributed by atoms with E-state index >= 15 is 0 Å². The molecule has 1 aliphatic rings. The minimum Gasteiger partial charge on any atom is -0.340 e. The third kappa shape index (κ3) is 4.40. The van der Waals surface area contributed by atoms with Crippen molar-refractivity contribution in [3.05, 3.63) is 29.3 Å². The average Bonchev–Trinajstić information content (AvgIpc) is 2.83. The minimum atomic E-state index is -3.73. The van der Waals surface area contributed by atoms with Crippen molar-refractivity contribution in [1.29, 1.82) is 0 Å². The molecular formula is C14H19ClN2O5S2. The Kier molecular flexibility index (Phi) is 5.46. The Morgan fingerprint density at radius 2 is 1.96 bits per heavy atom. The number of benzene rings is 1. The lowest BCUT2D eigenvalue weighted by molar-refractivity contribution is -0.129. The van der Waals surface area contributed by atoms with Gasteiger partial charge in [0.1, 0.15) is 6.54 Å². The highest BCUT2D eigenvalue weighted by atomic mass is 35.5. The summed E-state index contributed by atoms with van der Waals surface area (Å²) in [5.41, 5.74) is 0.211. The van der Waals surface area contributed by atoms with Crippen LogP contribution in [-0.4, -0.2) is 65.0 Å². The van der Waals surface area contributed by atoms with Gasteiger partial charge in [0.2, 0.25) is 15.9 Å². The molecule has 134 valence electrons. The standard InChI is InChI=1S/C14H19ClN2O5S2/c1-16(11-7-8-24(21,22)10-11)14(18)9-17(23(2,19)20)13-6-4-3-5-12(13)15/h3-6,11H,7-10H2,1-2H3. The molecule has 7 nitrogen and oxygen atoms in total. The molecule has 2 rings (SSSR count). The van der Waals surface area contributed by atoms with Gasteiger partial charge in [-0.1, -0.05) is 23.7 Å². The molecule has 1 aromatic carbocycles. The lowest BCUT2D eigenvalue weighted by Gasteiger charge is -2.28. The van der Waals surface area contributed by atoms with Crippen LogP contribution in [0.25, 0.3) is 0 Å². The lowest BCUT2D eigenvalue weighted by atomic mass is 10.2. The highest BCUT2D eigenvalue weighted by molar-refractivity contribution is 7.92. The zero-order chi connectivity index (χ0) is 18.1. The van der Waals surface area contributed by atoms with E-state index in [0.717, 1.165) is 10.6 Å². The maximum absolute atomic E-state index is 12.5. The van der Waals surface area contributed by atoms with E-state index in [9.17, 15) is 21.6 Å². The van der Waals surface area contributed by atoms with Crippen molar-refractivity contribution in [1.82, 2.24) is 4.90 Å². The number of anilines is 1. The van der Waals surface area contributed by atoms with Crippen molar-refractivity contribution in [2.24, 2.45) is 0 Å². The summed E-state index contributed by atoms with van der Waals surface area (Å²) in [4.78, 5) is 13.8. The number of hydrogen-bond donors (Lipinski definition) is 0. The van der Waals surface area contributed by atoms with Crippen molar-refractivity contribution in [3.63, 3.8) is 0 Å². The Balaban J connectivity index is 2.22. The number of nitrogens with zero attached hydrogens (tertiary/aromatic N) is 2. The van der Waals surface area contributed by atoms with Gasteiger partial charge < -0.3 is 4.90 Å². The predicted octanol–water partition coefficient (Wildman–Crippen LogP) is 0.752. The second-order valence-electron chi connectivity index (χ2n) is 5.78. The molecule has 0 spiro atoms. The molecule has 1 amide bonds.